The summed E-state index contributed by atoms with van der Waals surface area (Å²) in [5, 5.41) is 3.48. The Labute approximate surface area is 49.8 Å². The number of hydrogen-bond donors (Lipinski definition) is 1. The van der Waals surface area contributed by atoms with Crippen LogP contribution in [0.4, 0.5) is 0 Å². The molecule has 0 amide bonds. The molecule has 1 spiro atoms. The highest BCUT2D eigenvalue weighted by Gasteiger charge is 2.41. The Morgan fingerprint density at radius 3 is 2.50 bits per heavy atom. The minimum atomic E-state index is 0.592. The van der Waals surface area contributed by atoms with Crippen molar-refractivity contribution in [2.75, 3.05) is 6.54 Å². The molecule has 1 N–H and O–H groups in total. The first-order valence-corrected chi connectivity index (χ1v) is 3.31. The summed E-state index contributed by atoms with van der Waals surface area (Å²) in [5.74, 6) is 0. The average molecular weight is 109 g/mol. The molecule has 1 heterocycles. The Kier molecular flexibility index (Phi) is 0.770. The summed E-state index contributed by atoms with van der Waals surface area (Å²) in [7, 11) is 0. The second-order valence-electron chi connectivity index (χ2n) is 2.84. The summed E-state index contributed by atoms with van der Waals surface area (Å²) in [5.41, 5.74) is 0.592. The van der Waals surface area contributed by atoms with E-state index in [9.17, 15) is 0 Å². The highest BCUT2D eigenvalue weighted by Crippen LogP contribution is 2.39. The summed E-state index contributed by atoms with van der Waals surface area (Å²) in [6, 6.07) is 0. The maximum Gasteiger partial charge on any atom is 0.0220 e. The van der Waals surface area contributed by atoms with Gasteiger partial charge in [-0.2, -0.15) is 0 Å². The molecule has 0 bridgehead atoms. The van der Waals surface area contributed by atoms with E-state index < -0.39 is 0 Å². The molecule has 0 saturated heterocycles. The average Bonchev–Trinajstić information content (AvgIpc) is 2.52. The normalized spacial score (nSPS) is 31.0. The van der Waals surface area contributed by atoms with Crippen molar-refractivity contribution in [1.29, 1.82) is 0 Å². The van der Waals surface area contributed by atoms with E-state index in [1.807, 2.05) is 0 Å². The van der Waals surface area contributed by atoms with Crippen LogP contribution < -0.4 is 5.32 Å². The van der Waals surface area contributed by atoms with E-state index in [2.05, 4.69) is 17.5 Å². The molecule has 0 aromatic heterocycles. The van der Waals surface area contributed by atoms with Gasteiger partial charge in [-0.15, -0.1) is 0 Å². The van der Waals surface area contributed by atoms with Gasteiger partial charge in [0.25, 0.3) is 0 Å². The summed E-state index contributed by atoms with van der Waals surface area (Å²) < 4.78 is 0. The monoisotopic (exact) mass is 109 g/mol. The summed E-state index contributed by atoms with van der Waals surface area (Å²) in [6.45, 7) is 1.10. The van der Waals surface area contributed by atoms with Gasteiger partial charge in [0.15, 0.2) is 0 Å². The molecule has 1 fully saturated rings. The van der Waals surface area contributed by atoms with Crippen molar-refractivity contribution < 1.29 is 0 Å². The van der Waals surface area contributed by atoms with Crippen molar-refractivity contribution in [3.63, 3.8) is 0 Å². The Balaban J connectivity index is 2.08. The van der Waals surface area contributed by atoms with Gasteiger partial charge >= 0.3 is 0 Å². The van der Waals surface area contributed by atoms with E-state index in [0.29, 0.717) is 5.54 Å². The highest BCUT2D eigenvalue weighted by molar-refractivity contribution is 5.11. The molecule has 0 radical (unpaired) electrons. The molecule has 2 rings (SSSR count). The predicted octanol–water partition coefficient (Wildman–Crippen LogP) is 1.07. The SMILES string of the molecule is C1=CCC2(CC2)NC1. The molecular formula is C7H11N. The third-order valence-electron chi connectivity index (χ3n) is 2.12. The maximum atomic E-state index is 3.48. The third-order valence-corrected chi connectivity index (χ3v) is 2.12. The number of rotatable bonds is 0. The van der Waals surface area contributed by atoms with Gasteiger partial charge in [0.2, 0.25) is 0 Å². The number of nitrogens with one attached hydrogen (secondary N) is 1. The van der Waals surface area contributed by atoms with Crippen LogP contribution in [0.5, 0.6) is 0 Å². The van der Waals surface area contributed by atoms with Gasteiger partial charge < -0.3 is 5.32 Å². The van der Waals surface area contributed by atoms with E-state index in [4.69, 9.17) is 0 Å². The van der Waals surface area contributed by atoms with Crippen LogP contribution in [0.3, 0.4) is 0 Å². The Morgan fingerprint density at radius 2 is 2.12 bits per heavy atom. The van der Waals surface area contributed by atoms with Gasteiger partial charge in [-0.05, 0) is 19.3 Å². The second kappa shape index (κ2) is 1.35. The van der Waals surface area contributed by atoms with Gasteiger partial charge in [-0.25, -0.2) is 0 Å². The molecule has 0 aromatic carbocycles. The fourth-order valence-electron chi connectivity index (χ4n) is 1.27. The van der Waals surface area contributed by atoms with Gasteiger partial charge in [-0.1, -0.05) is 12.2 Å². The molecule has 2 aliphatic rings. The van der Waals surface area contributed by atoms with Crippen LogP contribution in [0.15, 0.2) is 12.2 Å². The second-order valence-corrected chi connectivity index (χ2v) is 2.84. The minimum absolute atomic E-state index is 0.592. The van der Waals surface area contributed by atoms with E-state index in [-0.39, 0.29) is 0 Å². The fourth-order valence-corrected chi connectivity index (χ4v) is 1.27. The van der Waals surface area contributed by atoms with Crippen LogP contribution in [0.1, 0.15) is 19.3 Å². The van der Waals surface area contributed by atoms with Crippen LogP contribution in [0.2, 0.25) is 0 Å². The summed E-state index contributed by atoms with van der Waals surface area (Å²) in [4.78, 5) is 0. The molecule has 1 aliphatic carbocycles. The van der Waals surface area contributed by atoms with E-state index in [1.54, 1.807) is 0 Å². The zero-order valence-corrected chi connectivity index (χ0v) is 4.98. The van der Waals surface area contributed by atoms with Crippen molar-refractivity contribution in [3.05, 3.63) is 12.2 Å². The third kappa shape index (κ3) is 0.583. The van der Waals surface area contributed by atoms with Crippen molar-refractivity contribution in [2.24, 2.45) is 0 Å². The van der Waals surface area contributed by atoms with Crippen molar-refractivity contribution in [1.82, 2.24) is 5.32 Å². The lowest BCUT2D eigenvalue weighted by Gasteiger charge is -2.17. The van der Waals surface area contributed by atoms with Crippen molar-refractivity contribution in [3.8, 4) is 0 Å². The van der Waals surface area contributed by atoms with Crippen LogP contribution in [0, 0.1) is 0 Å². The lowest BCUT2D eigenvalue weighted by Crippen LogP contribution is -2.33. The molecule has 44 valence electrons. The maximum absolute atomic E-state index is 3.48. The van der Waals surface area contributed by atoms with Crippen molar-refractivity contribution >= 4 is 0 Å². The zero-order valence-electron chi connectivity index (χ0n) is 4.98. The molecule has 0 unspecified atom stereocenters. The smallest absolute Gasteiger partial charge is 0.0220 e. The molecular weight excluding hydrogens is 98.1 g/mol. The Morgan fingerprint density at radius 1 is 1.25 bits per heavy atom. The summed E-state index contributed by atoms with van der Waals surface area (Å²) >= 11 is 0. The highest BCUT2D eigenvalue weighted by atomic mass is 15.0. The first-order chi connectivity index (χ1) is 3.91. The van der Waals surface area contributed by atoms with Crippen LogP contribution in [-0.2, 0) is 0 Å². The Bertz CT molecular complexity index is 122. The molecule has 1 heteroatoms. The first kappa shape index (κ1) is 4.57. The molecule has 1 nitrogen and oxygen atoms in total. The van der Waals surface area contributed by atoms with Gasteiger partial charge in [0, 0.05) is 12.1 Å². The van der Waals surface area contributed by atoms with Crippen LogP contribution >= 0.6 is 0 Å². The van der Waals surface area contributed by atoms with E-state index in [0.717, 1.165) is 6.54 Å². The summed E-state index contributed by atoms with van der Waals surface area (Å²) in [6.07, 6.45) is 8.58. The first-order valence-electron chi connectivity index (χ1n) is 3.31. The lowest BCUT2D eigenvalue weighted by molar-refractivity contribution is 0.515. The molecule has 1 saturated carbocycles. The fraction of sp³-hybridized carbons (Fsp3) is 0.714. The minimum Gasteiger partial charge on any atom is -0.307 e. The van der Waals surface area contributed by atoms with Gasteiger partial charge in [0.1, 0.15) is 0 Å². The standard InChI is InChI=1S/C7H11N/c1-2-6-8-7(3-1)4-5-7/h1-2,8H,3-6H2. The molecule has 8 heavy (non-hydrogen) atoms. The van der Waals surface area contributed by atoms with Crippen LogP contribution in [0.25, 0.3) is 0 Å². The predicted molar refractivity (Wildman–Crippen MR) is 33.7 cm³/mol. The van der Waals surface area contributed by atoms with E-state index in [1.165, 1.54) is 19.3 Å². The number of hydrogen-bond acceptors (Lipinski definition) is 1. The lowest BCUT2D eigenvalue weighted by atomic mass is 10.1. The molecule has 0 atom stereocenters. The van der Waals surface area contributed by atoms with Crippen molar-refractivity contribution in [2.45, 2.75) is 24.8 Å². The largest absolute Gasteiger partial charge is 0.307 e. The van der Waals surface area contributed by atoms with E-state index >= 15 is 0 Å². The van der Waals surface area contributed by atoms with Crippen LogP contribution in [-0.4, -0.2) is 12.1 Å². The van der Waals surface area contributed by atoms with Gasteiger partial charge in [0.05, 0.1) is 0 Å². The zero-order chi connectivity index (χ0) is 5.45. The molecule has 0 aromatic rings. The quantitative estimate of drug-likeness (QED) is 0.459. The Hall–Kier alpha value is -0.300. The van der Waals surface area contributed by atoms with Gasteiger partial charge in [-0.3, -0.25) is 0 Å². The molecule has 1 aliphatic heterocycles. The topological polar surface area (TPSA) is 12.0 Å².